The molecule has 0 atom stereocenters. The normalized spacial score (nSPS) is 15.7. The van der Waals surface area contributed by atoms with E-state index in [-0.39, 0.29) is 0 Å². The minimum Gasteiger partial charge on any atom is -0.490 e. The Bertz CT molecular complexity index is 405. The number of rotatable bonds is 8. The third kappa shape index (κ3) is 5.58. The van der Waals surface area contributed by atoms with Crippen molar-refractivity contribution in [3.8, 4) is 5.75 Å². The second-order valence-electron chi connectivity index (χ2n) is 5.46. The van der Waals surface area contributed by atoms with Crippen LogP contribution in [0.25, 0.3) is 0 Å². The Kier molecular flexibility index (Phi) is 7.10. The molecule has 0 aliphatic heterocycles. The fourth-order valence-electron chi connectivity index (χ4n) is 2.62. The van der Waals surface area contributed by atoms with E-state index in [0.29, 0.717) is 13.2 Å². The number of hydrogen-bond donors (Lipinski definition) is 1. The fraction of sp³-hybridized carbons (Fsp3) is 0.625. The first-order chi connectivity index (χ1) is 9.75. The van der Waals surface area contributed by atoms with E-state index in [0.717, 1.165) is 28.5 Å². The average Bonchev–Trinajstić information content (AvgIpc) is 2.93. The van der Waals surface area contributed by atoms with E-state index >= 15 is 0 Å². The van der Waals surface area contributed by atoms with Crippen molar-refractivity contribution >= 4 is 22.6 Å². The number of nitrogens with two attached hydrogens (primary N) is 1. The number of halogens is 1. The lowest BCUT2D eigenvalue weighted by atomic mass is 10.2. The van der Waals surface area contributed by atoms with Gasteiger partial charge in [0.25, 0.3) is 0 Å². The molecule has 0 heterocycles. The predicted molar refractivity (Wildman–Crippen MR) is 89.3 cm³/mol. The third-order valence-corrected chi connectivity index (χ3v) is 4.58. The summed E-state index contributed by atoms with van der Waals surface area (Å²) in [5.74, 6) is 0.956. The Morgan fingerprint density at radius 3 is 2.75 bits per heavy atom. The molecular weight excluding hydrogens is 365 g/mol. The highest BCUT2D eigenvalue weighted by Gasteiger charge is 2.16. The SMILES string of the molecule is Cc1ccc(OCCOCC[NH2+]C2CCCC2)c(I)c1. The van der Waals surface area contributed by atoms with Crippen LogP contribution in [0.3, 0.4) is 0 Å². The Labute approximate surface area is 135 Å². The molecule has 0 spiro atoms. The summed E-state index contributed by atoms with van der Waals surface area (Å²) < 4.78 is 12.5. The van der Waals surface area contributed by atoms with Crippen molar-refractivity contribution in [3.63, 3.8) is 0 Å². The zero-order valence-electron chi connectivity index (χ0n) is 12.2. The summed E-state index contributed by atoms with van der Waals surface area (Å²) in [5, 5.41) is 2.44. The van der Waals surface area contributed by atoms with Gasteiger partial charge in [-0.2, -0.15) is 0 Å². The summed E-state index contributed by atoms with van der Waals surface area (Å²) in [6.45, 7) is 5.29. The van der Waals surface area contributed by atoms with Crippen molar-refractivity contribution in [3.05, 3.63) is 27.3 Å². The largest absolute Gasteiger partial charge is 0.490 e. The van der Waals surface area contributed by atoms with Crippen LogP contribution in [0.15, 0.2) is 18.2 Å². The molecule has 1 fully saturated rings. The third-order valence-electron chi connectivity index (χ3n) is 3.73. The van der Waals surface area contributed by atoms with Crippen molar-refractivity contribution in [2.24, 2.45) is 0 Å². The lowest BCUT2D eigenvalue weighted by molar-refractivity contribution is -0.689. The lowest BCUT2D eigenvalue weighted by Gasteiger charge is -2.10. The van der Waals surface area contributed by atoms with E-state index < -0.39 is 0 Å². The van der Waals surface area contributed by atoms with Gasteiger partial charge in [-0.1, -0.05) is 6.07 Å². The summed E-state index contributed by atoms with van der Waals surface area (Å²) in [6.07, 6.45) is 5.58. The van der Waals surface area contributed by atoms with E-state index in [2.05, 4.69) is 47.0 Å². The molecule has 2 rings (SSSR count). The molecule has 0 amide bonds. The zero-order valence-corrected chi connectivity index (χ0v) is 14.4. The second kappa shape index (κ2) is 8.85. The average molecular weight is 390 g/mol. The van der Waals surface area contributed by atoms with Crippen LogP contribution >= 0.6 is 22.6 Å². The summed E-state index contributed by atoms with van der Waals surface area (Å²) in [6, 6.07) is 7.09. The van der Waals surface area contributed by atoms with Crippen LogP contribution < -0.4 is 10.1 Å². The number of ether oxygens (including phenoxy) is 2. The van der Waals surface area contributed by atoms with Crippen LogP contribution in [-0.2, 0) is 4.74 Å². The maximum absolute atomic E-state index is 5.73. The van der Waals surface area contributed by atoms with E-state index in [1.807, 2.05) is 6.07 Å². The van der Waals surface area contributed by atoms with Gasteiger partial charge in [-0.05, 0) is 72.9 Å². The van der Waals surface area contributed by atoms with Gasteiger partial charge in [0, 0.05) is 0 Å². The Morgan fingerprint density at radius 2 is 2.00 bits per heavy atom. The summed E-state index contributed by atoms with van der Waals surface area (Å²) >= 11 is 2.31. The number of quaternary nitrogens is 1. The summed E-state index contributed by atoms with van der Waals surface area (Å²) in [5.41, 5.74) is 1.26. The van der Waals surface area contributed by atoms with Gasteiger partial charge in [0.15, 0.2) is 0 Å². The number of aryl methyl sites for hydroxylation is 1. The number of hydrogen-bond acceptors (Lipinski definition) is 2. The molecule has 2 N–H and O–H groups in total. The molecule has 1 aliphatic rings. The van der Waals surface area contributed by atoms with Crippen molar-refractivity contribution in [1.29, 1.82) is 0 Å². The van der Waals surface area contributed by atoms with Gasteiger partial charge in [-0.15, -0.1) is 0 Å². The second-order valence-corrected chi connectivity index (χ2v) is 6.63. The zero-order chi connectivity index (χ0) is 14.2. The molecule has 1 saturated carbocycles. The highest BCUT2D eigenvalue weighted by molar-refractivity contribution is 14.1. The molecule has 112 valence electrons. The molecule has 4 heteroatoms. The number of benzene rings is 1. The first kappa shape index (κ1) is 16.0. The molecule has 0 radical (unpaired) electrons. The summed E-state index contributed by atoms with van der Waals surface area (Å²) in [4.78, 5) is 0. The van der Waals surface area contributed by atoms with Crippen LogP contribution in [0.5, 0.6) is 5.75 Å². The molecule has 3 nitrogen and oxygen atoms in total. The Hall–Kier alpha value is -0.330. The van der Waals surface area contributed by atoms with E-state index in [1.54, 1.807) is 0 Å². The molecule has 0 saturated heterocycles. The topological polar surface area (TPSA) is 35.1 Å². The van der Waals surface area contributed by atoms with Gasteiger partial charge in [0.2, 0.25) is 0 Å². The van der Waals surface area contributed by atoms with Crippen LogP contribution in [0.1, 0.15) is 31.2 Å². The molecule has 1 aromatic rings. The highest BCUT2D eigenvalue weighted by Crippen LogP contribution is 2.21. The molecule has 1 aliphatic carbocycles. The van der Waals surface area contributed by atoms with Crippen molar-refractivity contribution < 1.29 is 14.8 Å². The van der Waals surface area contributed by atoms with Gasteiger partial charge >= 0.3 is 0 Å². The predicted octanol–water partition coefficient (Wildman–Crippen LogP) is 2.50. The van der Waals surface area contributed by atoms with E-state index in [9.17, 15) is 0 Å². The minimum atomic E-state index is 0.627. The monoisotopic (exact) mass is 390 g/mol. The molecule has 0 aromatic heterocycles. The van der Waals surface area contributed by atoms with Crippen LogP contribution in [0, 0.1) is 10.5 Å². The Balaban J connectivity index is 1.50. The maximum atomic E-state index is 5.73. The van der Waals surface area contributed by atoms with Gasteiger partial charge in [0.1, 0.15) is 12.4 Å². The highest BCUT2D eigenvalue weighted by atomic mass is 127. The van der Waals surface area contributed by atoms with Gasteiger partial charge in [0.05, 0.1) is 29.4 Å². The smallest absolute Gasteiger partial charge is 0.132 e. The lowest BCUT2D eigenvalue weighted by Crippen LogP contribution is -2.90. The quantitative estimate of drug-likeness (QED) is 0.547. The van der Waals surface area contributed by atoms with Gasteiger partial charge in [-0.25, -0.2) is 0 Å². The minimum absolute atomic E-state index is 0.627. The molecular formula is C16H25INO2+. The molecule has 20 heavy (non-hydrogen) atoms. The first-order valence-corrected chi connectivity index (χ1v) is 8.63. The maximum Gasteiger partial charge on any atom is 0.132 e. The van der Waals surface area contributed by atoms with Crippen LogP contribution in [-0.4, -0.2) is 32.4 Å². The standard InChI is InChI=1S/C16H24INO2/c1-13-6-7-16(15(17)12-13)20-11-10-19-9-8-18-14-4-2-3-5-14/h6-7,12,14,18H,2-5,8-11H2,1H3/p+1. The van der Waals surface area contributed by atoms with Crippen molar-refractivity contribution in [2.45, 2.75) is 38.6 Å². The van der Waals surface area contributed by atoms with Crippen LogP contribution in [0.2, 0.25) is 0 Å². The van der Waals surface area contributed by atoms with Crippen LogP contribution in [0.4, 0.5) is 0 Å². The van der Waals surface area contributed by atoms with Gasteiger partial charge < -0.3 is 14.8 Å². The first-order valence-electron chi connectivity index (χ1n) is 7.56. The van der Waals surface area contributed by atoms with E-state index in [4.69, 9.17) is 9.47 Å². The summed E-state index contributed by atoms with van der Waals surface area (Å²) in [7, 11) is 0. The Morgan fingerprint density at radius 1 is 1.20 bits per heavy atom. The molecule has 0 bridgehead atoms. The van der Waals surface area contributed by atoms with E-state index in [1.165, 1.54) is 31.2 Å². The van der Waals surface area contributed by atoms with Crippen molar-refractivity contribution in [2.75, 3.05) is 26.4 Å². The molecule has 0 unspecified atom stereocenters. The van der Waals surface area contributed by atoms with Crippen molar-refractivity contribution in [1.82, 2.24) is 0 Å². The fourth-order valence-corrected chi connectivity index (χ4v) is 3.44. The molecule has 1 aromatic carbocycles. The van der Waals surface area contributed by atoms with Gasteiger partial charge in [-0.3, -0.25) is 0 Å².